The first-order chi connectivity index (χ1) is 57.3. The van der Waals surface area contributed by atoms with Crippen molar-refractivity contribution in [1.29, 1.82) is 0 Å². The highest BCUT2D eigenvalue weighted by Gasteiger charge is 2.61. The van der Waals surface area contributed by atoms with Crippen LogP contribution < -0.4 is 0 Å². The molecule has 0 aromatic heterocycles. The van der Waals surface area contributed by atoms with E-state index in [2.05, 4.69) is 87.7 Å². The summed E-state index contributed by atoms with van der Waals surface area (Å²) in [6, 6.07) is 31.7. The molecule has 0 radical (unpaired) electrons. The molecule has 8 heterocycles. The second-order valence-electron chi connectivity index (χ2n) is 33.4. The molecular formula is C88H74Br3Cl2F25N8. The minimum Gasteiger partial charge on any atom is -0.264 e. The Kier molecular flexibility index (Phi) is 27.8. The van der Waals surface area contributed by atoms with E-state index < -0.39 is 178 Å². The van der Waals surface area contributed by atoms with Gasteiger partial charge >= 0.3 is 17.8 Å². The molecule has 126 heavy (non-hydrogen) atoms. The smallest absolute Gasteiger partial charge is 0.264 e. The predicted molar refractivity (Wildman–Crippen MR) is 449 cm³/mol. The van der Waals surface area contributed by atoms with Crippen LogP contribution in [0, 0.1) is 34.9 Å². The Labute approximate surface area is 742 Å². The van der Waals surface area contributed by atoms with Crippen LogP contribution in [0.1, 0.15) is 200 Å². The third-order valence-corrected chi connectivity index (χ3v) is 23.8. The Bertz CT molecular complexity index is 5360. The maximum atomic E-state index is 14.0. The fourth-order valence-electron chi connectivity index (χ4n) is 13.4. The number of aliphatic imine (C=N–C) groups is 8. The lowest BCUT2D eigenvalue weighted by atomic mass is 9.85. The Morgan fingerprint density at radius 2 is 0.437 bits per heavy atom. The molecule has 676 valence electrons. The number of halogens is 30. The first-order valence-corrected chi connectivity index (χ1v) is 40.5. The van der Waals surface area contributed by atoms with Crippen LogP contribution in [0.15, 0.2) is 198 Å². The average Bonchev–Trinajstić information content (AvgIpc) is 0.715. The predicted octanol–water partition coefficient (Wildman–Crippen LogP) is 28.9. The summed E-state index contributed by atoms with van der Waals surface area (Å²) in [5.41, 5.74) is -17.5. The van der Waals surface area contributed by atoms with Crippen LogP contribution in [0.4, 0.5) is 110 Å². The number of alkyl halides is 16. The Morgan fingerprint density at radius 1 is 0.214 bits per heavy atom. The summed E-state index contributed by atoms with van der Waals surface area (Å²) >= 11 is 21.0. The van der Waals surface area contributed by atoms with Gasteiger partial charge in [-0.2, -0.15) is 83.4 Å². The molecule has 8 aliphatic heterocycles. The highest BCUT2D eigenvalue weighted by atomic mass is 79.9. The SMILES string of the molecule is CC1(C)N=C(Br)c2ccc(F)cc2C1(F)F.CC1(C)N=C(Br)c2cccc(F)c2C1(F)F.CC1(C)N=C(Br)c2ccccc2C1(F)F.CC1(C)N=C(Cl)c2ccc(F)cc2C1(F)F.CC1(C)N=C(Cl)c2cccc(F)c2C1(F)F.CC1(C)N=C(F)c2ccc(F)cc2C1(F)F.CC1(C)N=C(F)c2cccc(F)c2C1(F)F.CC1(C)N=C(F)c2ccccc2C1(F)F. The van der Waals surface area contributed by atoms with Gasteiger partial charge in [0.05, 0.1) is 16.7 Å². The summed E-state index contributed by atoms with van der Waals surface area (Å²) < 4.78 is 344. The van der Waals surface area contributed by atoms with E-state index in [9.17, 15) is 110 Å². The van der Waals surface area contributed by atoms with E-state index in [4.69, 9.17) is 23.2 Å². The average molecular weight is 2030 g/mol. The van der Waals surface area contributed by atoms with Crippen molar-refractivity contribution in [3.8, 4) is 0 Å². The van der Waals surface area contributed by atoms with Crippen molar-refractivity contribution in [1.82, 2.24) is 0 Å². The van der Waals surface area contributed by atoms with Crippen molar-refractivity contribution >= 4 is 113 Å². The van der Waals surface area contributed by atoms with Crippen molar-refractivity contribution in [2.75, 3.05) is 0 Å². The van der Waals surface area contributed by atoms with Crippen molar-refractivity contribution < 1.29 is 110 Å². The highest BCUT2D eigenvalue weighted by molar-refractivity contribution is 9.19. The molecule has 0 amide bonds. The van der Waals surface area contributed by atoms with Crippen LogP contribution in [-0.2, 0) is 47.4 Å². The minimum absolute atomic E-state index is 0.00840. The standard InChI is InChI=1S/2C11H9BrF3N.C11H10BrF2N.2C11H9ClF3N.2C11H9F4N.C11H10F3N/c1-10(2)11(14,15)8-5-6(13)3-4-7(8)9(12)16-10;1-10(2)11(14,15)8-6(9(12)16-10)4-3-5-7(8)13;1-10(2)11(13,14)8-6-4-3-5-7(8)9(12)15-10;1-10(2)11(14,15)8-5-6(13)3-4-7(8)9(12)16-10;1-10(2)11(14,15)8-6(9(12)16-10)4-3-5-7(8)13;1-10(2)11(14,15)8-5-6(12)3-4-7(8)9(13)16-10;1-10(2)11(14,15)8-6(9(13)16-10)4-3-5-7(8)12;1-10(2)11(13,14)8-6-4-3-5-7(8)9(12)15-10/h2*3-5H,1-2H3;3-6H,1-2H3;4*3-5H,1-2H3;3-6H,1-2H3. The molecule has 0 saturated carbocycles. The third-order valence-electron chi connectivity index (χ3n) is 21.4. The molecule has 0 spiro atoms. The summed E-state index contributed by atoms with van der Waals surface area (Å²) in [4.78, 5) is 29.2. The second kappa shape index (κ2) is 34.7. The Hall–Kier alpha value is -8.61. The topological polar surface area (TPSA) is 98.9 Å². The first-order valence-electron chi connectivity index (χ1n) is 37.3. The first kappa shape index (κ1) is 101. The van der Waals surface area contributed by atoms with Gasteiger partial charge in [-0.3, -0.25) is 25.0 Å². The summed E-state index contributed by atoms with van der Waals surface area (Å²) in [5, 5.41) is -0.0867. The molecule has 8 nitrogen and oxygen atoms in total. The molecule has 8 aromatic rings. The van der Waals surface area contributed by atoms with Gasteiger partial charge in [-0.25, -0.2) is 41.3 Å². The summed E-state index contributed by atoms with van der Waals surface area (Å²) in [7, 11) is 0. The lowest BCUT2D eigenvalue weighted by Gasteiger charge is -2.36. The summed E-state index contributed by atoms with van der Waals surface area (Å²) in [6.45, 7) is 19.9. The maximum Gasteiger partial charge on any atom is 0.300 e. The zero-order valence-corrected chi connectivity index (χ0v) is 75.2. The van der Waals surface area contributed by atoms with E-state index >= 15 is 0 Å². The van der Waals surface area contributed by atoms with Gasteiger partial charge in [0.1, 0.15) is 103 Å². The lowest BCUT2D eigenvalue weighted by Crippen LogP contribution is -2.44. The molecule has 0 aliphatic carbocycles. The van der Waals surface area contributed by atoms with E-state index in [-0.39, 0.29) is 65.0 Å². The van der Waals surface area contributed by atoms with E-state index in [1.54, 1.807) is 18.2 Å². The number of benzene rings is 8. The molecule has 16 rings (SSSR count). The number of hydrogen-bond donors (Lipinski definition) is 0. The van der Waals surface area contributed by atoms with Crippen molar-refractivity contribution in [3.63, 3.8) is 0 Å². The number of fused-ring (bicyclic) bond motifs is 8. The molecular weight excluding hydrogens is 1950 g/mol. The quantitative estimate of drug-likeness (QED) is 0.135. The molecule has 0 bridgehead atoms. The van der Waals surface area contributed by atoms with Crippen LogP contribution in [0.25, 0.3) is 0 Å². The zero-order valence-electron chi connectivity index (χ0n) is 68.9. The van der Waals surface area contributed by atoms with Gasteiger partial charge in [-0.15, -0.1) is 0 Å². The fourth-order valence-corrected chi connectivity index (χ4v) is 16.5. The van der Waals surface area contributed by atoms with Crippen LogP contribution in [0.2, 0.25) is 0 Å². The van der Waals surface area contributed by atoms with Gasteiger partial charge < -0.3 is 0 Å². The van der Waals surface area contributed by atoms with Crippen molar-refractivity contribution in [3.05, 3.63) is 282 Å². The zero-order chi connectivity index (χ0) is 95.4. The second-order valence-corrected chi connectivity index (χ2v) is 36.4. The molecule has 0 unspecified atom stereocenters. The van der Waals surface area contributed by atoms with E-state index in [1.807, 2.05) is 0 Å². The molecule has 0 saturated heterocycles. The van der Waals surface area contributed by atoms with Crippen LogP contribution in [-0.4, -0.2) is 86.4 Å². The molecule has 0 N–H and O–H groups in total. The van der Waals surface area contributed by atoms with Crippen LogP contribution in [0.5, 0.6) is 0 Å². The number of nitrogens with zero attached hydrogens (tertiary/aromatic N) is 8. The minimum atomic E-state index is -3.52. The highest BCUT2D eigenvalue weighted by Crippen LogP contribution is 2.55. The van der Waals surface area contributed by atoms with E-state index in [0.29, 0.717) is 20.9 Å². The normalized spacial score (nSPS) is 21.4. The van der Waals surface area contributed by atoms with E-state index in [1.165, 1.54) is 156 Å². The van der Waals surface area contributed by atoms with Gasteiger partial charge in [0.2, 0.25) is 17.9 Å². The lowest BCUT2D eigenvalue weighted by molar-refractivity contribution is -0.0718. The largest absolute Gasteiger partial charge is 0.300 e. The molecule has 0 atom stereocenters. The molecule has 8 aliphatic rings. The molecule has 38 heteroatoms. The van der Waals surface area contributed by atoms with Gasteiger partial charge in [0, 0.05) is 72.3 Å². The van der Waals surface area contributed by atoms with Crippen molar-refractivity contribution in [2.45, 2.75) is 202 Å². The molecule has 0 fully saturated rings. The monoisotopic (exact) mass is 2020 g/mol. The molecule has 8 aromatic carbocycles. The summed E-state index contributed by atoms with van der Waals surface area (Å²) in [5.74, 6) is -34.1. The van der Waals surface area contributed by atoms with Gasteiger partial charge in [-0.1, -0.05) is 96.0 Å². The fraction of sp³-hybridized carbons (Fsp3) is 0.364. The third kappa shape index (κ3) is 18.4. The summed E-state index contributed by atoms with van der Waals surface area (Å²) in [6.07, 6.45) is 0. The van der Waals surface area contributed by atoms with Gasteiger partial charge in [-0.05, 0) is 243 Å². The Morgan fingerprint density at radius 3 is 0.841 bits per heavy atom. The van der Waals surface area contributed by atoms with Crippen molar-refractivity contribution in [2.24, 2.45) is 39.9 Å². The number of hydrogen-bond acceptors (Lipinski definition) is 8. The van der Waals surface area contributed by atoms with Crippen LogP contribution in [0.3, 0.4) is 0 Å². The van der Waals surface area contributed by atoms with Gasteiger partial charge in [0.25, 0.3) is 29.6 Å². The van der Waals surface area contributed by atoms with Gasteiger partial charge in [0.15, 0.2) is 0 Å². The number of rotatable bonds is 0. The maximum absolute atomic E-state index is 14.0. The Balaban J connectivity index is 0.000000163. The van der Waals surface area contributed by atoms with E-state index in [0.717, 1.165) is 88.4 Å². The van der Waals surface area contributed by atoms with Crippen LogP contribution >= 0.6 is 71.0 Å².